The minimum Gasteiger partial charge on any atom is -0.356 e. The Balaban J connectivity index is 1.67. The highest BCUT2D eigenvalue weighted by Gasteiger charge is 2.38. The standard InChI is InChI=1S/C20H32ClFN4O2S/c1-3-28-20(27)25-19(29)24-17-9-8-16(23-17)13-5-4-10-26(2)18(13)12-6-7-15(22)14(21)11-12/h5-7,12,14-16,18-20,25,27,29H,3-4,8-11H2,1-2H3,(H,23,24). The molecule has 0 aromatic carbocycles. The van der Waals surface area contributed by atoms with Crippen molar-refractivity contribution < 1.29 is 14.2 Å². The minimum absolute atomic E-state index is 0.0906. The number of amidine groups is 1. The van der Waals surface area contributed by atoms with Gasteiger partial charge >= 0.3 is 0 Å². The van der Waals surface area contributed by atoms with Gasteiger partial charge in [0.25, 0.3) is 0 Å². The summed E-state index contributed by atoms with van der Waals surface area (Å²) in [6.45, 7) is 3.19. The maximum absolute atomic E-state index is 13.8. The molecule has 0 spiro atoms. The summed E-state index contributed by atoms with van der Waals surface area (Å²) >= 11 is 10.6. The molecule has 0 radical (unpaired) electrons. The number of allylic oxidation sites excluding steroid dienone is 1. The molecule has 0 aromatic rings. The van der Waals surface area contributed by atoms with Crippen molar-refractivity contribution in [1.82, 2.24) is 15.5 Å². The van der Waals surface area contributed by atoms with Crippen LogP contribution in [0.3, 0.4) is 0 Å². The normalized spacial score (nSPS) is 35.2. The smallest absolute Gasteiger partial charge is 0.215 e. The highest BCUT2D eigenvalue weighted by Crippen LogP contribution is 2.37. The Kier molecular flexibility index (Phi) is 8.41. The number of rotatable bonds is 7. The number of nitrogens with zero attached hydrogens (tertiary/aromatic N) is 2. The summed E-state index contributed by atoms with van der Waals surface area (Å²) in [6.07, 6.45) is 7.10. The zero-order chi connectivity index (χ0) is 21.0. The van der Waals surface area contributed by atoms with E-state index in [1.807, 2.05) is 13.0 Å². The Hall–Kier alpha value is -0.640. The fourth-order valence-corrected chi connectivity index (χ4v) is 4.98. The summed E-state index contributed by atoms with van der Waals surface area (Å²) in [4.78, 5) is 7.23. The highest BCUT2D eigenvalue weighted by atomic mass is 35.5. The van der Waals surface area contributed by atoms with Gasteiger partial charge in [0, 0.05) is 25.6 Å². The van der Waals surface area contributed by atoms with Gasteiger partial charge in [-0.2, -0.15) is 0 Å². The van der Waals surface area contributed by atoms with Crippen molar-refractivity contribution in [3.8, 4) is 0 Å². The molecule has 0 fully saturated rings. The van der Waals surface area contributed by atoms with Gasteiger partial charge in [0.05, 0.1) is 17.3 Å². The van der Waals surface area contributed by atoms with Crippen LogP contribution >= 0.6 is 24.2 Å². The quantitative estimate of drug-likeness (QED) is 0.209. The molecule has 3 N–H and O–H groups in total. The number of aliphatic imine (C=N–C) groups is 1. The van der Waals surface area contributed by atoms with Gasteiger partial charge in [0.15, 0.2) is 0 Å². The number of hydrogen-bond acceptors (Lipinski definition) is 7. The van der Waals surface area contributed by atoms with Crippen molar-refractivity contribution in [2.45, 2.75) is 68.2 Å². The molecule has 6 nitrogen and oxygen atoms in total. The van der Waals surface area contributed by atoms with E-state index in [0.717, 1.165) is 31.6 Å². The number of halogens is 2. The molecule has 9 heteroatoms. The summed E-state index contributed by atoms with van der Waals surface area (Å²) in [5.74, 6) is 1.05. The molecule has 3 rings (SSSR count). The molecular formula is C20H32ClFN4O2S. The highest BCUT2D eigenvalue weighted by molar-refractivity contribution is 7.80. The minimum atomic E-state index is -1.08. The number of aliphatic hydroxyl groups is 1. The first-order chi connectivity index (χ1) is 13.9. The predicted octanol–water partition coefficient (Wildman–Crippen LogP) is 2.40. The van der Waals surface area contributed by atoms with E-state index in [1.54, 1.807) is 6.08 Å². The lowest BCUT2D eigenvalue weighted by Crippen LogP contribution is -2.47. The molecule has 29 heavy (non-hydrogen) atoms. The Morgan fingerprint density at radius 1 is 1.48 bits per heavy atom. The molecule has 1 aliphatic carbocycles. The number of hydrogen-bond donors (Lipinski definition) is 4. The number of alkyl halides is 2. The Morgan fingerprint density at radius 2 is 2.28 bits per heavy atom. The zero-order valence-corrected chi connectivity index (χ0v) is 18.6. The van der Waals surface area contributed by atoms with Gasteiger partial charge in [-0.05, 0) is 44.7 Å². The van der Waals surface area contributed by atoms with Crippen LogP contribution in [0.2, 0.25) is 0 Å². The van der Waals surface area contributed by atoms with Crippen LogP contribution in [-0.2, 0) is 4.74 Å². The van der Waals surface area contributed by atoms with Gasteiger partial charge < -0.3 is 15.2 Å². The van der Waals surface area contributed by atoms with Crippen LogP contribution in [0.25, 0.3) is 0 Å². The first kappa shape index (κ1) is 23.0. The van der Waals surface area contributed by atoms with Gasteiger partial charge in [-0.1, -0.05) is 18.2 Å². The number of ether oxygens (including phenoxy) is 1. The van der Waals surface area contributed by atoms with E-state index in [2.05, 4.69) is 41.3 Å². The Morgan fingerprint density at radius 3 is 3.00 bits per heavy atom. The van der Waals surface area contributed by atoms with Gasteiger partial charge in [-0.3, -0.25) is 9.89 Å². The first-order valence-corrected chi connectivity index (χ1v) is 11.3. The predicted molar refractivity (Wildman–Crippen MR) is 118 cm³/mol. The number of aliphatic hydroxyl groups excluding tert-OH is 1. The molecule has 0 saturated carbocycles. The maximum atomic E-state index is 13.8. The summed E-state index contributed by atoms with van der Waals surface area (Å²) in [5, 5.41) is 15.2. The average molecular weight is 447 g/mol. The molecule has 164 valence electrons. The SMILES string of the molecule is CCOC(O)NC(S)NC1=NC(C2=CCCN(C)C2C2C=CC(F)C(Cl)C2)CC1. The van der Waals surface area contributed by atoms with Crippen molar-refractivity contribution in [2.24, 2.45) is 10.9 Å². The van der Waals surface area contributed by atoms with Crippen LogP contribution in [0.15, 0.2) is 28.8 Å². The third-order valence-corrected chi connectivity index (χ3v) is 6.45. The van der Waals surface area contributed by atoms with E-state index in [-0.39, 0.29) is 18.0 Å². The maximum Gasteiger partial charge on any atom is 0.215 e. The van der Waals surface area contributed by atoms with Crippen molar-refractivity contribution >= 4 is 30.1 Å². The molecule has 2 heterocycles. The van der Waals surface area contributed by atoms with Crippen molar-refractivity contribution in [3.63, 3.8) is 0 Å². The van der Waals surface area contributed by atoms with E-state index in [1.165, 1.54) is 5.57 Å². The number of nitrogens with one attached hydrogen (secondary N) is 2. The second kappa shape index (κ2) is 10.6. The molecule has 2 aliphatic heterocycles. The number of likely N-dealkylation sites (N-methyl/N-ethyl adjacent to an activating group) is 1. The van der Waals surface area contributed by atoms with E-state index in [4.69, 9.17) is 21.3 Å². The molecule has 3 aliphatic rings. The van der Waals surface area contributed by atoms with Crippen molar-refractivity contribution in [3.05, 3.63) is 23.8 Å². The Bertz CT molecular complexity index is 650. The molecule has 0 saturated heterocycles. The summed E-state index contributed by atoms with van der Waals surface area (Å²) in [6, 6.07) is 0.277. The van der Waals surface area contributed by atoms with Gasteiger partial charge in [-0.25, -0.2) is 9.71 Å². The van der Waals surface area contributed by atoms with Crippen LogP contribution in [0.4, 0.5) is 4.39 Å². The van der Waals surface area contributed by atoms with Crippen LogP contribution < -0.4 is 10.6 Å². The van der Waals surface area contributed by atoms with E-state index >= 15 is 0 Å². The average Bonchev–Trinajstić information content (AvgIpc) is 3.12. The second-order valence-corrected chi connectivity index (χ2v) is 8.89. The molecule has 0 amide bonds. The monoisotopic (exact) mass is 446 g/mol. The second-order valence-electron chi connectivity index (χ2n) is 7.81. The van der Waals surface area contributed by atoms with E-state index in [0.29, 0.717) is 13.0 Å². The fourth-order valence-electron chi connectivity index (χ4n) is 4.41. The summed E-state index contributed by atoms with van der Waals surface area (Å²) < 4.78 is 18.9. The summed E-state index contributed by atoms with van der Waals surface area (Å²) in [7, 11) is 2.12. The Labute approximate surface area is 183 Å². The molecule has 0 aromatic heterocycles. The molecule has 0 bridgehead atoms. The van der Waals surface area contributed by atoms with Gasteiger partial charge in [0.2, 0.25) is 6.41 Å². The zero-order valence-electron chi connectivity index (χ0n) is 17.0. The lowest BCUT2D eigenvalue weighted by atomic mass is 9.79. The molecule has 7 unspecified atom stereocenters. The van der Waals surface area contributed by atoms with Gasteiger partial charge in [0.1, 0.15) is 11.7 Å². The van der Waals surface area contributed by atoms with Crippen LogP contribution in [0.5, 0.6) is 0 Å². The van der Waals surface area contributed by atoms with Gasteiger partial charge in [-0.15, -0.1) is 24.2 Å². The van der Waals surface area contributed by atoms with Crippen LogP contribution in [-0.4, -0.2) is 71.6 Å². The third kappa shape index (κ3) is 5.95. The summed E-state index contributed by atoms with van der Waals surface area (Å²) in [5.41, 5.74) is 0.831. The molecule has 7 atom stereocenters. The van der Waals surface area contributed by atoms with E-state index in [9.17, 15) is 9.50 Å². The fraction of sp³-hybridized carbons (Fsp3) is 0.750. The van der Waals surface area contributed by atoms with Crippen molar-refractivity contribution in [1.29, 1.82) is 0 Å². The van der Waals surface area contributed by atoms with Crippen LogP contribution in [0, 0.1) is 5.92 Å². The van der Waals surface area contributed by atoms with E-state index < -0.39 is 23.5 Å². The topological polar surface area (TPSA) is 69.1 Å². The lowest BCUT2D eigenvalue weighted by Gasteiger charge is -2.41. The van der Waals surface area contributed by atoms with Crippen molar-refractivity contribution in [2.75, 3.05) is 20.2 Å². The number of thiol groups is 1. The van der Waals surface area contributed by atoms with Crippen LogP contribution in [0.1, 0.15) is 32.6 Å². The first-order valence-electron chi connectivity index (χ1n) is 10.3. The third-order valence-electron chi connectivity index (χ3n) is 5.75. The molecular weight excluding hydrogens is 415 g/mol. The largest absolute Gasteiger partial charge is 0.356 e. The lowest BCUT2D eigenvalue weighted by molar-refractivity contribution is -0.118.